The Morgan fingerprint density at radius 2 is 1.71 bits per heavy atom. The average Bonchev–Trinajstić information content (AvgIpc) is 2.85. The largest absolute Gasteiger partial charge is 0.490 e. The maximum atomic E-state index is 13.2. The first-order valence-corrected chi connectivity index (χ1v) is 13.0. The number of benzene rings is 2. The zero-order valence-electron chi connectivity index (χ0n) is 19.9. The van der Waals surface area contributed by atoms with Gasteiger partial charge in [0.2, 0.25) is 10.0 Å². The molecule has 1 fully saturated rings. The number of nitrogens with zero attached hydrogens (tertiary/aromatic N) is 2. The molecule has 1 N–H and O–H groups in total. The number of anilines is 1. The molecule has 2 aromatic rings. The van der Waals surface area contributed by atoms with E-state index in [0.717, 1.165) is 0 Å². The van der Waals surface area contributed by atoms with E-state index in [-0.39, 0.29) is 42.9 Å². The average molecular weight is 504 g/mol. The fourth-order valence-corrected chi connectivity index (χ4v) is 5.44. The first-order valence-electron chi connectivity index (χ1n) is 11.5. The van der Waals surface area contributed by atoms with Crippen LogP contribution in [-0.4, -0.2) is 74.9 Å². The third-order valence-corrected chi connectivity index (χ3v) is 7.73. The zero-order valence-corrected chi connectivity index (χ0v) is 20.8. The number of nitrogens with one attached hydrogen (secondary N) is 1. The third kappa shape index (κ3) is 5.06. The molecule has 2 aliphatic heterocycles. The quantitative estimate of drug-likeness (QED) is 0.617. The van der Waals surface area contributed by atoms with Gasteiger partial charge in [0.15, 0.2) is 17.6 Å². The first kappa shape index (κ1) is 24.8. The molecular formula is C24H29N3O7S. The van der Waals surface area contributed by atoms with Crippen LogP contribution in [0.2, 0.25) is 0 Å². The lowest BCUT2D eigenvalue weighted by molar-refractivity contribution is -0.122. The van der Waals surface area contributed by atoms with Crippen molar-refractivity contribution in [3.63, 3.8) is 0 Å². The van der Waals surface area contributed by atoms with Gasteiger partial charge in [0.05, 0.1) is 23.8 Å². The molecule has 0 spiro atoms. The molecule has 1 saturated heterocycles. The predicted octanol–water partition coefficient (Wildman–Crippen LogP) is 2.35. The summed E-state index contributed by atoms with van der Waals surface area (Å²) < 4.78 is 44.5. The van der Waals surface area contributed by atoms with E-state index >= 15 is 0 Å². The number of carbonyl (C=O) groups is 2. The van der Waals surface area contributed by atoms with Gasteiger partial charge in [-0.1, -0.05) is 0 Å². The van der Waals surface area contributed by atoms with Crippen molar-refractivity contribution in [2.24, 2.45) is 0 Å². The van der Waals surface area contributed by atoms with Gasteiger partial charge in [-0.2, -0.15) is 4.31 Å². The summed E-state index contributed by atoms with van der Waals surface area (Å²) in [5.74, 6) is 0.963. The molecule has 0 unspecified atom stereocenters. The van der Waals surface area contributed by atoms with Crippen molar-refractivity contribution < 1.29 is 32.2 Å². The molecule has 2 amide bonds. The summed E-state index contributed by atoms with van der Waals surface area (Å²) in [6, 6.07) is 9.46. The van der Waals surface area contributed by atoms with Gasteiger partial charge in [0.1, 0.15) is 5.75 Å². The van der Waals surface area contributed by atoms with Crippen molar-refractivity contribution in [1.82, 2.24) is 9.21 Å². The van der Waals surface area contributed by atoms with Gasteiger partial charge in [-0.25, -0.2) is 8.42 Å². The highest BCUT2D eigenvalue weighted by atomic mass is 32.2. The Balaban J connectivity index is 1.45. The summed E-state index contributed by atoms with van der Waals surface area (Å²) in [6.45, 7) is 7.06. The number of piperazine rings is 1. The van der Waals surface area contributed by atoms with Gasteiger partial charge >= 0.3 is 0 Å². The van der Waals surface area contributed by atoms with Crippen LogP contribution in [0.25, 0.3) is 0 Å². The number of carbonyl (C=O) groups excluding carboxylic acids is 2. The molecule has 0 saturated carbocycles. The number of hydrogen-bond acceptors (Lipinski definition) is 7. The van der Waals surface area contributed by atoms with Crippen molar-refractivity contribution >= 4 is 27.5 Å². The van der Waals surface area contributed by atoms with E-state index in [1.165, 1.54) is 16.4 Å². The summed E-state index contributed by atoms with van der Waals surface area (Å²) in [6.07, 6.45) is -0.643. The second kappa shape index (κ2) is 10.1. The number of rotatable bonds is 7. The first-order chi connectivity index (χ1) is 16.7. The fourth-order valence-electron chi connectivity index (χ4n) is 4.00. The summed E-state index contributed by atoms with van der Waals surface area (Å²) in [5, 5.41) is 2.67. The Morgan fingerprint density at radius 3 is 2.40 bits per heavy atom. The van der Waals surface area contributed by atoms with Crippen LogP contribution in [0.5, 0.6) is 17.2 Å². The molecule has 2 aliphatic rings. The van der Waals surface area contributed by atoms with Gasteiger partial charge in [0, 0.05) is 31.7 Å². The molecule has 0 radical (unpaired) electrons. The predicted molar refractivity (Wildman–Crippen MR) is 129 cm³/mol. The summed E-state index contributed by atoms with van der Waals surface area (Å²) in [5.41, 5.74) is 0.774. The van der Waals surface area contributed by atoms with Crippen LogP contribution in [0, 0.1) is 0 Å². The van der Waals surface area contributed by atoms with Gasteiger partial charge in [0.25, 0.3) is 11.8 Å². The molecule has 2 heterocycles. The standard InChI is InChI=1S/C24H29N3O7S/c1-4-32-21-8-6-17(14-22(21)33-5-2)24(29)26-10-12-27(13-11-26)35(30,31)18-7-9-20-19(15-18)25-23(28)16(3)34-20/h6-9,14-16H,4-5,10-13H2,1-3H3,(H,25,28)/t16-/m1/s1. The lowest BCUT2D eigenvalue weighted by Crippen LogP contribution is -2.50. The van der Waals surface area contributed by atoms with E-state index in [0.29, 0.717) is 41.7 Å². The molecule has 11 heteroatoms. The van der Waals surface area contributed by atoms with Crippen molar-refractivity contribution in [1.29, 1.82) is 0 Å². The van der Waals surface area contributed by atoms with Gasteiger partial charge in [-0.15, -0.1) is 0 Å². The van der Waals surface area contributed by atoms with Crippen LogP contribution in [0.1, 0.15) is 31.1 Å². The number of ether oxygens (including phenoxy) is 3. The topological polar surface area (TPSA) is 114 Å². The second-order valence-corrected chi connectivity index (χ2v) is 10.1. The van der Waals surface area contributed by atoms with Crippen molar-refractivity contribution in [2.75, 3.05) is 44.7 Å². The number of sulfonamides is 1. The zero-order chi connectivity index (χ0) is 25.2. The molecule has 2 aromatic carbocycles. The Kier molecular flexibility index (Phi) is 7.18. The van der Waals surface area contributed by atoms with E-state index in [1.54, 1.807) is 36.1 Å². The highest BCUT2D eigenvalue weighted by Crippen LogP contribution is 2.33. The SMILES string of the molecule is CCOc1ccc(C(=O)N2CCN(S(=O)(=O)c3ccc4c(c3)NC(=O)[C@@H](C)O4)CC2)cc1OCC. The molecule has 35 heavy (non-hydrogen) atoms. The van der Waals surface area contributed by atoms with Crippen LogP contribution in [0.15, 0.2) is 41.3 Å². The lowest BCUT2D eigenvalue weighted by atomic mass is 10.1. The molecule has 0 bridgehead atoms. The maximum Gasteiger partial charge on any atom is 0.265 e. The van der Waals surface area contributed by atoms with Crippen LogP contribution in [-0.2, 0) is 14.8 Å². The van der Waals surface area contributed by atoms with Crippen LogP contribution >= 0.6 is 0 Å². The molecule has 0 aromatic heterocycles. The normalized spacial score (nSPS) is 18.3. The summed E-state index contributed by atoms with van der Waals surface area (Å²) in [7, 11) is -3.81. The molecular weight excluding hydrogens is 474 g/mol. The molecule has 1 atom stereocenters. The van der Waals surface area contributed by atoms with Crippen molar-refractivity contribution in [3.05, 3.63) is 42.0 Å². The van der Waals surface area contributed by atoms with E-state index in [9.17, 15) is 18.0 Å². The Labute approximate surface area is 204 Å². The monoisotopic (exact) mass is 503 g/mol. The van der Waals surface area contributed by atoms with Crippen LogP contribution < -0.4 is 19.5 Å². The van der Waals surface area contributed by atoms with Gasteiger partial charge < -0.3 is 24.4 Å². The van der Waals surface area contributed by atoms with E-state index in [4.69, 9.17) is 14.2 Å². The Bertz CT molecular complexity index is 1220. The van der Waals surface area contributed by atoms with Gasteiger partial charge in [-0.3, -0.25) is 9.59 Å². The number of amides is 2. The van der Waals surface area contributed by atoms with Crippen LogP contribution in [0.3, 0.4) is 0 Å². The van der Waals surface area contributed by atoms with E-state index < -0.39 is 16.1 Å². The van der Waals surface area contributed by atoms with Crippen molar-refractivity contribution in [2.45, 2.75) is 31.8 Å². The summed E-state index contributed by atoms with van der Waals surface area (Å²) >= 11 is 0. The van der Waals surface area contributed by atoms with E-state index in [2.05, 4.69) is 5.32 Å². The van der Waals surface area contributed by atoms with Gasteiger partial charge in [-0.05, 0) is 57.2 Å². The molecule has 188 valence electrons. The summed E-state index contributed by atoms with van der Waals surface area (Å²) in [4.78, 5) is 26.7. The fraction of sp³-hybridized carbons (Fsp3) is 0.417. The third-order valence-electron chi connectivity index (χ3n) is 5.84. The Morgan fingerprint density at radius 1 is 1.03 bits per heavy atom. The highest BCUT2D eigenvalue weighted by molar-refractivity contribution is 7.89. The molecule has 10 nitrogen and oxygen atoms in total. The Hall–Kier alpha value is -3.31. The minimum Gasteiger partial charge on any atom is -0.490 e. The second-order valence-electron chi connectivity index (χ2n) is 8.13. The smallest absolute Gasteiger partial charge is 0.265 e. The molecule has 4 rings (SSSR count). The van der Waals surface area contributed by atoms with Crippen molar-refractivity contribution in [3.8, 4) is 17.2 Å². The van der Waals surface area contributed by atoms with E-state index in [1.807, 2.05) is 13.8 Å². The molecule has 0 aliphatic carbocycles. The number of fused-ring (bicyclic) bond motifs is 1. The highest BCUT2D eigenvalue weighted by Gasteiger charge is 2.32. The van der Waals surface area contributed by atoms with Crippen LogP contribution in [0.4, 0.5) is 5.69 Å². The minimum atomic E-state index is -3.81. The maximum absolute atomic E-state index is 13.2. The minimum absolute atomic E-state index is 0.0577. The lowest BCUT2D eigenvalue weighted by Gasteiger charge is -2.34. The number of hydrogen-bond donors (Lipinski definition) is 1.